The van der Waals surface area contributed by atoms with Gasteiger partial charge >= 0.3 is 0 Å². The topological polar surface area (TPSA) is 83.7 Å². The Morgan fingerprint density at radius 1 is 1.17 bits per heavy atom. The van der Waals surface area contributed by atoms with Crippen LogP contribution >= 0.6 is 0 Å². The number of benzene rings is 1. The molecule has 4 rings (SSSR count). The van der Waals surface area contributed by atoms with Gasteiger partial charge in [0.05, 0.1) is 0 Å². The van der Waals surface area contributed by atoms with E-state index in [1.165, 1.54) is 0 Å². The van der Waals surface area contributed by atoms with Crippen molar-refractivity contribution >= 4 is 12.0 Å². The van der Waals surface area contributed by atoms with Gasteiger partial charge in [-0.15, -0.1) is 0 Å². The van der Waals surface area contributed by atoms with Crippen molar-refractivity contribution in [3.63, 3.8) is 0 Å². The van der Waals surface area contributed by atoms with Gasteiger partial charge in [0, 0.05) is 53.4 Å². The largest absolute Gasteiger partial charge is 0.448 e. The average molecular weight is 480 g/mol. The second kappa shape index (κ2) is 9.53. The van der Waals surface area contributed by atoms with E-state index < -0.39 is 5.79 Å². The number of H-pyrrole nitrogens is 1. The monoisotopic (exact) mass is 479 g/mol. The Morgan fingerprint density at radius 3 is 2.43 bits per heavy atom. The molecule has 1 unspecified atom stereocenters. The molecule has 35 heavy (non-hydrogen) atoms. The summed E-state index contributed by atoms with van der Waals surface area (Å²) in [5.41, 5.74) is 3.95. The van der Waals surface area contributed by atoms with Crippen molar-refractivity contribution < 1.29 is 14.3 Å². The fourth-order valence-corrected chi connectivity index (χ4v) is 5.44. The first-order valence-corrected chi connectivity index (χ1v) is 12.4. The van der Waals surface area contributed by atoms with Crippen LogP contribution in [0.2, 0.25) is 0 Å². The summed E-state index contributed by atoms with van der Waals surface area (Å²) in [6.45, 7) is 11.7. The predicted octanol–water partition coefficient (Wildman–Crippen LogP) is 4.48. The predicted molar refractivity (Wildman–Crippen MR) is 138 cm³/mol. The standard InChI is InChI=1S/C28H37N3O4/c1-8-19-14-22(26(32)29-15-23-16(2)13-17(3)30-27(23)33)18(4)24-25(19)35-28(5,34-24)20-9-11-21(12-10-20)31(6)7/h8,13-14,20-21H,1,9-12,15H2,2-7H3,(H,29,32)(H,30,33). The minimum absolute atomic E-state index is 0.143. The van der Waals surface area contributed by atoms with Crippen LogP contribution in [0.3, 0.4) is 0 Å². The highest BCUT2D eigenvalue weighted by atomic mass is 16.7. The van der Waals surface area contributed by atoms with Crippen LogP contribution in [0.4, 0.5) is 0 Å². The lowest BCUT2D eigenvalue weighted by molar-refractivity contribution is -0.123. The first kappa shape index (κ1) is 25.0. The summed E-state index contributed by atoms with van der Waals surface area (Å²) in [6.07, 6.45) is 5.95. The maximum Gasteiger partial charge on any atom is 0.253 e. The number of aromatic amines is 1. The Kier molecular flexibility index (Phi) is 6.82. The van der Waals surface area contributed by atoms with Crippen LogP contribution in [0, 0.1) is 26.7 Å². The summed E-state index contributed by atoms with van der Waals surface area (Å²) >= 11 is 0. The Balaban J connectivity index is 1.56. The maximum atomic E-state index is 13.2. The number of amides is 1. The number of hydrogen-bond donors (Lipinski definition) is 2. The molecule has 1 aromatic carbocycles. The highest BCUT2D eigenvalue weighted by molar-refractivity contribution is 5.97. The zero-order valence-electron chi connectivity index (χ0n) is 21.7. The van der Waals surface area contributed by atoms with Crippen LogP contribution in [0.15, 0.2) is 23.5 Å². The zero-order valence-corrected chi connectivity index (χ0v) is 21.7. The van der Waals surface area contributed by atoms with E-state index in [1.807, 2.05) is 33.8 Å². The Bertz CT molecular complexity index is 1210. The molecule has 2 aliphatic rings. The third kappa shape index (κ3) is 4.74. The van der Waals surface area contributed by atoms with Gasteiger partial charge in [0.25, 0.3) is 17.3 Å². The maximum absolute atomic E-state index is 13.2. The van der Waals surface area contributed by atoms with Gasteiger partial charge in [0.2, 0.25) is 0 Å². The number of ether oxygens (including phenoxy) is 2. The lowest BCUT2D eigenvalue weighted by Gasteiger charge is -2.39. The van der Waals surface area contributed by atoms with Crippen molar-refractivity contribution in [2.45, 2.75) is 71.8 Å². The second-order valence-electron chi connectivity index (χ2n) is 10.3. The Hall–Kier alpha value is -3.06. The summed E-state index contributed by atoms with van der Waals surface area (Å²) in [5.74, 6) is 0.475. The molecular formula is C28H37N3O4. The van der Waals surface area contributed by atoms with Crippen LogP contribution < -0.4 is 20.3 Å². The van der Waals surface area contributed by atoms with E-state index >= 15 is 0 Å². The van der Waals surface area contributed by atoms with Crippen molar-refractivity contribution in [3.05, 3.63) is 62.6 Å². The number of rotatable bonds is 6. The van der Waals surface area contributed by atoms with E-state index in [4.69, 9.17) is 9.47 Å². The minimum Gasteiger partial charge on any atom is -0.448 e. The molecule has 1 amide bonds. The normalized spacial score (nSPS) is 23.4. The third-order valence-electron chi connectivity index (χ3n) is 7.67. The van der Waals surface area contributed by atoms with Crippen molar-refractivity contribution in [2.24, 2.45) is 5.92 Å². The van der Waals surface area contributed by atoms with Gasteiger partial charge in [-0.05, 0) is 78.2 Å². The third-order valence-corrected chi connectivity index (χ3v) is 7.67. The highest BCUT2D eigenvalue weighted by Gasteiger charge is 2.47. The Labute approximate surface area is 207 Å². The molecule has 2 N–H and O–H groups in total. The number of nitrogens with zero attached hydrogens (tertiary/aromatic N) is 1. The van der Waals surface area contributed by atoms with Crippen LogP contribution in [0.5, 0.6) is 11.5 Å². The van der Waals surface area contributed by atoms with Crippen LogP contribution in [0.25, 0.3) is 6.08 Å². The van der Waals surface area contributed by atoms with Gasteiger partial charge in [-0.25, -0.2) is 0 Å². The average Bonchev–Trinajstić information content (AvgIpc) is 3.18. The van der Waals surface area contributed by atoms with Crippen molar-refractivity contribution in [2.75, 3.05) is 14.1 Å². The second-order valence-corrected chi connectivity index (χ2v) is 10.3. The molecule has 188 valence electrons. The molecule has 7 nitrogen and oxygen atoms in total. The molecule has 2 heterocycles. The number of fused-ring (bicyclic) bond motifs is 1. The first-order valence-electron chi connectivity index (χ1n) is 12.4. The number of aromatic nitrogens is 1. The van der Waals surface area contributed by atoms with Gasteiger partial charge in [0.15, 0.2) is 11.5 Å². The van der Waals surface area contributed by atoms with Crippen LogP contribution in [-0.2, 0) is 6.54 Å². The smallest absolute Gasteiger partial charge is 0.253 e. The van der Waals surface area contributed by atoms with E-state index in [-0.39, 0.29) is 23.9 Å². The Morgan fingerprint density at radius 2 is 1.83 bits per heavy atom. The molecule has 0 saturated heterocycles. The van der Waals surface area contributed by atoms with Crippen LogP contribution in [-0.4, -0.2) is 41.7 Å². The van der Waals surface area contributed by atoms with Gasteiger partial charge in [-0.2, -0.15) is 0 Å². The fourth-order valence-electron chi connectivity index (χ4n) is 5.44. The number of hydrogen-bond acceptors (Lipinski definition) is 5. The highest BCUT2D eigenvalue weighted by Crippen LogP contribution is 2.50. The zero-order chi connectivity index (χ0) is 25.5. The summed E-state index contributed by atoms with van der Waals surface area (Å²) in [4.78, 5) is 30.6. The molecule has 0 bridgehead atoms. The molecule has 1 aromatic heterocycles. The van der Waals surface area contributed by atoms with Gasteiger partial charge in [0.1, 0.15) is 0 Å². The quantitative estimate of drug-likeness (QED) is 0.638. The number of carbonyl (C=O) groups is 1. The van der Waals surface area contributed by atoms with E-state index in [0.717, 1.165) is 48.1 Å². The van der Waals surface area contributed by atoms with E-state index in [9.17, 15) is 9.59 Å². The van der Waals surface area contributed by atoms with Crippen molar-refractivity contribution in [3.8, 4) is 11.5 Å². The SMILES string of the molecule is C=Cc1cc(C(=O)NCc2c(C)cc(C)[nH]c2=O)c(C)c2c1OC(C)(C1CCC(N(C)C)CC1)O2. The molecular weight excluding hydrogens is 442 g/mol. The van der Waals surface area contributed by atoms with E-state index in [1.54, 1.807) is 12.1 Å². The lowest BCUT2D eigenvalue weighted by Crippen LogP contribution is -2.46. The van der Waals surface area contributed by atoms with Crippen LogP contribution in [0.1, 0.15) is 70.9 Å². The van der Waals surface area contributed by atoms with Gasteiger partial charge in [-0.3, -0.25) is 9.59 Å². The molecule has 7 heteroatoms. The number of carbonyl (C=O) groups excluding carboxylic acids is 1. The molecule has 0 spiro atoms. The van der Waals surface area contributed by atoms with E-state index in [0.29, 0.717) is 28.7 Å². The summed E-state index contributed by atoms with van der Waals surface area (Å²) in [7, 11) is 4.27. The van der Waals surface area contributed by atoms with E-state index in [2.05, 4.69) is 35.9 Å². The molecule has 0 radical (unpaired) electrons. The van der Waals surface area contributed by atoms with Gasteiger partial charge in [-0.1, -0.05) is 12.7 Å². The van der Waals surface area contributed by atoms with Crippen molar-refractivity contribution in [1.29, 1.82) is 0 Å². The number of nitrogens with one attached hydrogen (secondary N) is 2. The lowest BCUT2D eigenvalue weighted by atomic mass is 9.81. The van der Waals surface area contributed by atoms with Gasteiger partial charge < -0.3 is 24.7 Å². The molecule has 1 saturated carbocycles. The molecule has 1 aliphatic carbocycles. The first-order chi connectivity index (χ1) is 16.5. The molecule has 1 aliphatic heterocycles. The molecule has 1 atom stereocenters. The number of aryl methyl sites for hydroxylation is 2. The summed E-state index contributed by atoms with van der Waals surface area (Å²) in [6, 6.07) is 4.28. The summed E-state index contributed by atoms with van der Waals surface area (Å²) < 4.78 is 12.9. The molecule has 1 fully saturated rings. The van der Waals surface area contributed by atoms with Crippen molar-refractivity contribution in [1.82, 2.24) is 15.2 Å². The number of pyridine rings is 1. The molecule has 2 aromatic rings. The minimum atomic E-state index is -0.774. The summed E-state index contributed by atoms with van der Waals surface area (Å²) in [5, 5.41) is 2.90. The fraction of sp³-hybridized carbons (Fsp3) is 0.500.